The van der Waals surface area contributed by atoms with Crippen LogP contribution in [0.3, 0.4) is 0 Å². The SMILES string of the molecule is COC(=O)[C@H](O)C(CC(C)C)NC(=O)OC(C)(C)C. The van der Waals surface area contributed by atoms with Gasteiger partial charge in [-0.15, -0.1) is 0 Å². The van der Waals surface area contributed by atoms with E-state index in [0.717, 1.165) is 0 Å². The zero-order valence-electron chi connectivity index (χ0n) is 12.5. The highest BCUT2D eigenvalue weighted by Gasteiger charge is 2.30. The molecule has 19 heavy (non-hydrogen) atoms. The summed E-state index contributed by atoms with van der Waals surface area (Å²) in [6, 6.07) is -0.734. The first-order chi connectivity index (χ1) is 8.56. The van der Waals surface area contributed by atoms with Gasteiger partial charge in [-0.25, -0.2) is 9.59 Å². The van der Waals surface area contributed by atoms with Gasteiger partial charge < -0.3 is 19.9 Å². The first-order valence-electron chi connectivity index (χ1n) is 6.32. The number of alkyl carbamates (subject to hydrolysis) is 1. The Labute approximate surface area is 114 Å². The minimum Gasteiger partial charge on any atom is -0.467 e. The average molecular weight is 275 g/mol. The molecule has 0 spiro atoms. The lowest BCUT2D eigenvalue weighted by Gasteiger charge is -2.26. The predicted octanol–water partition coefficient (Wildman–Crippen LogP) is 1.46. The van der Waals surface area contributed by atoms with Crippen molar-refractivity contribution in [3.63, 3.8) is 0 Å². The lowest BCUT2D eigenvalue weighted by atomic mass is 9.99. The summed E-state index contributed by atoms with van der Waals surface area (Å²) in [7, 11) is 1.19. The fourth-order valence-electron chi connectivity index (χ4n) is 1.52. The molecule has 2 N–H and O–H groups in total. The van der Waals surface area contributed by atoms with Crippen LogP contribution >= 0.6 is 0 Å². The largest absolute Gasteiger partial charge is 0.467 e. The first kappa shape index (κ1) is 17.7. The second-order valence-corrected chi connectivity index (χ2v) is 5.85. The summed E-state index contributed by atoms with van der Waals surface area (Å²) in [5.74, 6) is -0.582. The van der Waals surface area contributed by atoms with Gasteiger partial charge in [0, 0.05) is 0 Å². The topological polar surface area (TPSA) is 84.9 Å². The molecule has 0 saturated heterocycles. The molecule has 6 nitrogen and oxygen atoms in total. The van der Waals surface area contributed by atoms with Crippen molar-refractivity contribution in [1.29, 1.82) is 0 Å². The molecular weight excluding hydrogens is 250 g/mol. The minimum atomic E-state index is -1.40. The number of carbonyl (C=O) groups is 2. The first-order valence-corrected chi connectivity index (χ1v) is 6.32. The van der Waals surface area contributed by atoms with Crippen molar-refractivity contribution in [3.8, 4) is 0 Å². The van der Waals surface area contributed by atoms with Crippen molar-refractivity contribution >= 4 is 12.1 Å². The van der Waals surface area contributed by atoms with E-state index in [1.165, 1.54) is 7.11 Å². The molecule has 0 bridgehead atoms. The fraction of sp³-hybridized carbons (Fsp3) is 0.846. The Morgan fingerprint density at radius 2 is 1.79 bits per heavy atom. The van der Waals surface area contributed by atoms with E-state index in [2.05, 4.69) is 10.1 Å². The van der Waals surface area contributed by atoms with Gasteiger partial charge >= 0.3 is 12.1 Å². The molecule has 0 rings (SSSR count). The highest BCUT2D eigenvalue weighted by Crippen LogP contribution is 2.12. The van der Waals surface area contributed by atoms with Gasteiger partial charge in [-0.2, -0.15) is 0 Å². The van der Waals surface area contributed by atoms with Gasteiger partial charge in [0.05, 0.1) is 13.2 Å². The maximum absolute atomic E-state index is 11.7. The van der Waals surface area contributed by atoms with Crippen LogP contribution in [0.5, 0.6) is 0 Å². The van der Waals surface area contributed by atoms with Gasteiger partial charge in [-0.3, -0.25) is 0 Å². The van der Waals surface area contributed by atoms with Gasteiger partial charge in [0.1, 0.15) is 5.60 Å². The monoisotopic (exact) mass is 275 g/mol. The Morgan fingerprint density at radius 3 is 2.16 bits per heavy atom. The number of ether oxygens (including phenoxy) is 2. The Kier molecular flexibility index (Phi) is 6.83. The summed E-state index contributed by atoms with van der Waals surface area (Å²) < 4.78 is 9.58. The maximum atomic E-state index is 11.7. The van der Waals surface area contributed by atoms with Crippen LogP contribution in [-0.4, -0.2) is 42.0 Å². The van der Waals surface area contributed by atoms with E-state index in [-0.39, 0.29) is 5.92 Å². The van der Waals surface area contributed by atoms with Crippen LogP contribution in [0, 0.1) is 5.92 Å². The zero-order valence-corrected chi connectivity index (χ0v) is 12.5. The smallest absolute Gasteiger partial charge is 0.407 e. The molecule has 0 aliphatic heterocycles. The van der Waals surface area contributed by atoms with E-state index in [4.69, 9.17) is 4.74 Å². The van der Waals surface area contributed by atoms with Crippen LogP contribution in [0.4, 0.5) is 4.79 Å². The molecule has 0 aliphatic rings. The van der Waals surface area contributed by atoms with Crippen molar-refractivity contribution in [3.05, 3.63) is 0 Å². The third-order valence-corrected chi connectivity index (χ3v) is 2.25. The third kappa shape index (κ3) is 7.66. The molecule has 0 aliphatic carbocycles. The predicted molar refractivity (Wildman–Crippen MR) is 70.6 cm³/mol. The standard InChI is InChI=1S/C13H25NO5/c1-8(2)7-9(10(15)11(16)18-6)14-12(17)19-13(3,4)5/h8-10,15H,7H2,1-6H3,(H,14,17)/t9?,10-/m1/s1. The molecular formula is C13H25NO5. The number of hydrogen-bond acceptors (Lipinski definition) is 5. The average Bonchev–Trinajstić information content (AvgIpc) is 2.22. The van der Waals surface area contributed by atoms with Crippen LogP contribution < -0.4 is 5.32 Å². The van der Waals surface area contributed by atoms with Gasteiger partial charge in [0.2, 0.25) is 0 Å². The van der Waals surface area contributed by atoms with Crippen LogP contribution in [0.15, 0.2) is 0 Å². The van der Waals surface area contributed by atoms with Gasteiger partial charge in [-0.1, -0.05) is 13.8 Å². The third-order valence-electron chi connectivity index (χ3n) is 2.25. The normalized spacial score (nSPS) is 14.7. The Morgan fingerprint density at radius 1 is 1.26 bits per heavy atom. The lowest BCUT2D eigenvalue weighted by Crippen LogP contribution is -2.49. The zero-order chi connectivity index (χ0) is 15.2. The second-order valence-electron chi connectivity index (χ2n) is 5.85. The number of esters is 1. The Balaban J connectivity index is 4.68. The lowest BCUT2D eigenvalue weighted by molar-refractivity contribution is -0.152. The van der Waals surface area contributed by atoms with Crippen molar-refractivity contribution in [2.45, 2.75) is 58.8 Å². The molecule has 0 aromatic carbocycles. The van der Waals surface area contributed by atoms with Gasteiger partial charge in [0.15, 0.2) is 6.10 Å². The highest BCUT2D eigenvalue weighted by atomic mass is 16.6. The van der Waals surface area contributed by atoms with E-state index in [1.807, 2.05) is 13.8 Å². The van der Waals surface area contributed by atoms with E-state index >= 15 is 0 Å². The summed E-state index contributed by atoms with van der Waals surface area (Å²) in [5.41, 5.74) is -0.636. The van der Waals surface area contributed by atoms with Crippen molar-refractivity contribution in [2.24, 2.45) is 5.92 Å². The molecule has 0 saturated carbocycles. The molecule has 0 fully saturated rings. The van der Waals surface area contributed by atoms with Gasteiger partial charge in [-0.05, 0) is 33.1 Å². The van der Waals surface area contributed by atoms with Crippen molar-refractivity contribution in [1.82, 2.24) is 5.32 Å². The number of aliphatic hydroxyl groups excluding tert-OH is 1. The number of aliphatic hydroxyl groups is 1. The molecule has 112 valence electrons. The quantitative estimate of drug-likeness (QED) is 0.742. The molecule has 0 heterocycles. The molecule has 0 radical (unpaired) electrons. The summed E-state index contributed by atoms with van der Waals surface area (Å²) in [5, 5.41) is 12.3. The van der Waals surface area contributed by atoms with Crippen molar-refractivity contribution < 1.29 is 24.2 Å². The van der Waals surface area contributed by atoms with E-state index in [1.54, 1.807) is 20.8 Å². The van der Waals surface area contributed by atoms with E-state index in [9.17, 15) is 14.7 Å². The van der Waals surface area contributed by atoms with Gasteiger partial charge in [0.25, 0.3) is 0 Å². The number of nitrogens with one attached hydrogen (secondary N) is 1. The van der Waals surface area contributed by atoms with Crippen LogP contribution in [0.2, 0.25) is 0 Å². The number of rotatable bonds is 5. The fourth-order valence-corrected chi connectivity index (χ4v) is 1.52. The number of carbonyl (C=O) groups excluding carboxylic acids is 2. The molecule has 0 aromatic rings. The minimum absolute atomic E-state index is 0.194. The summed E-state index contributed by atoms with van der Waals surface area (Å²) >= 11 is 0. The van der Waals surface area contributed by atoms with Crippen LogP contribution in [0.25, 0.3) is 0 Å². The molecule has 0 aromatic heterocycles. The van der Waals surface area contributed by atoms with E-state index in [0.29, 0.717) is 6.42 Å². The van der Waals surface area contributed by atoms with Crippen LogP contribution in [0.1, 0.15) is 41.0 Å². The number of hydrogen-bond donors (Lipinski definition) is 2. The summed E-state index contributed by atoms with van der Waals surface area (Å²) in [4.78, 5) is 23.0. The Hall–Kier alpha value is -1.30. The summed E-state index contributed by atoms with van der Waals surface area (Å²) in [6.45, 7) is 9.06. The Bertz CT molecular complexity index is 309. The molecule has 1 unspecified atom stereocenters. The second kappa shape index (κ2) is 7.33. The van der Waals surface area contributed by atoms with Crippen molar-refractivity contribution in [2.75, 3.05) is 7.11 Å². The molecule has 2 atom stereocenters. The highest BCUT2D eigenvalue weighted by molar-refractivity contribution is 5.76. The van der Waals surface area contributed by atoms with E-state index < -0.39 is 29.8 Å². The summed E-state index contributed by atoms with van der Waals surface area (Å²) in [6.07, 6.45) is -1.63. The number of methoxy groups -OCH3 is 1. The van der Waals surface area contributed by atoms with Crippen LogP contribution in [-0.2, 0) is 14.3 Å². The molecule has 1 amide bonds. The number of amides is 1. The molecule has 6 heteroatoms. The maximum Gasteiger partial charge on any atom is 0.407 e.